The van der Waals surface area contributed by atoms with E-state index >= 15 is 0 Å². The molecule has 4 heteroatoms. The fourth-order valence-electron chi connectivity index (χ4n) is 2.93. The van der Waals surface area contributed by atoms with E-state index in [2.05, 4.69) is 79.8 Å². The van der Waals surface area contributed by atoms with E-state index in [1.165, 1.54) is 16.7 Å². The minimum Gasteiger partial charge on any atom is -0.271 e. The van der Waals surface area contributed by atoms with Crippen LogP contribution in [-0.2, 0) is 6.42 Å². The first-order valence-electron chi connectivity index (χ1n) is 6.68. The van der Waals surface area contributed by atoms with Gasteiger partial charge in [0.2, 0.25) is 0 Å². The molecule has 20 heavy (non-hydrogen) atoms. The maximum Gasteiger partial charge on any atom is 0.0477 e. The molecule has 2 unspecified atom stereocenters. The van der Waals surface area contributed by atoms with Crippen molar-refractivity contribution in [1.29, 1.82) is 0 Å². The number of nitrogens with two attached hydrogens (primary N) is 1. The van der Waals surface area contributed by atoms with E-state index in [0.29, 0.717) is 5.92 Å². The second kappa shape index (κ2) is 5.98. The standard InChI is InChI=1S/C16H16Br2N2/c17-12-5-6-14(15(18)9-12)16(20-19)8-11-7-10-3-1-2-4-13(10)11/h1-6,9,11,16,20H,7-8,19H2. The van der Waals surface area contributed by atoms with Crippen molar-refractivity contribution in [2.45, 2.75) is 24.8 Å². The summed E-state index contributed by atoms with van der Waals surface area (Å²) in [5.41, 5.74) is 7.12. The van der Waals surface area contributed by atoms with Crippen molar-refractivity contribution < 1.29 is 0 Å². The lowest BCUT2D eigenvalue weighted by atomic mass is 9.74. The first kappa shape index (κ1) is 14.3. The Morgan fingerprint density at radius 1 is 1.20 bits per heavy atom. The van der Waals surface area contributed by atoms with Gasteiger partial charge in [-0.2, -0.15) is 0 Å². The molecule has 0 saturated carbocycles. The third-order valence-corrected chi connectivity index (χ3v) is 5.20. The van der Waals surface area contributed by atoms with Gasteiger partial charge in [0.25, 0.3) is 0 Å². The molecule has 0 saturated heterocycles. The Kier molecular flexibility index (Phi) is 4.26. The van der Waals surface area contributed by atoms with Crippen LogP contribution in [0.4, 0.5) is 0 Å². The SMILES string of the molecule is NNC(CC1Cc2ccccc21)c1ccc(Br)cc1Br. The van der Waals surface area contributed by atoms with Crippen LogP contribution in [-0.4, -0.2) is 0 Å². The maximum absolute atomic E-state index is 5.78. The summed E-state index contributed by atoms with van der Waals surface area (Å²) in [6.45, 7) is 0. The summed E-state index contributed by atoms with van der Waals surface area (Å²) in [5, 5.41) is 0. The highest BCUT2D eigenvalue weighted by Crippen LogP contribution is 2.41. The summed E-state index contributed by atoms with van der Waals surface area (Å²) in [6, 6.07) is 15.1. The van der Waals surface area contributed by atoms with Crippen LogP contribution in [0.3, 0.4) is 0 Å². The fraction of sp³-hybridized carbons (Fsp3) is 0.250. The van der Waals surface area contributed by atoms with Crippen LogP contribution in [0.2, 0.25) is 0 Å². The van der Waals surface area contributed by atoms with Crippen molar-refractivity contribution in [2.24, 2.45) is 5.84 Å². The molecule has 0 radical (unpaired) electrons. The zero-order chi connectivity index (χ0) is 14.1. The number of hydrogen-bond acceptors (Lipinski definition) is 2. The van der Waals surface area contributed by atoms with Gasteiger partial charge in [-0.25, -0.2) is 0 Å². The predicted molar refractivity (Wildman–Crippen MR) is 89.4 cm³/mol. The van der Waals surface area contributed by atoms with Crippen LogP contribution in [0, 0.1) is 0 Å². The first-order valence-corrected chi connectivity index (χ1v) is 8.26. The van der Waals surface area contributed by atoms with Crippen LogP contribution in [0.5, 0.6) is 0 Å². The van der Waals surface area contributed by atoms with Crippen molar-refractivity contribution >= 4 is 31.9 Å². The summed E-state index contributed by atoms with van der Waals surface area (Å²) in [6.07, 6.45) is 2.18. The van der Waals surface area contributed by atoms with Crippen molar-refractivity contribution in [3.8, 4) is 0 Å². The van der Waals surface area contributed by atoms with Crippen LogP contribution < -0.4 is 11.3 Å². The number of rotatable bonds is 4. The molecular weight excluding hydrogens is 380 g/mol. The number of benzene rings is 2. The smallest absolute Gasteiger partial charge is 0.0477 e. The molecule has 2 aromatic carbocycles. The zero-order valence-corrected chi connectivity index (χ0v) is 14.1. The van der Waals surface area contributed by atoms with Crippen molar-refractivity contribution in [3.63, 3.8) is 0 Å². The molecule has 0 aliphatic heterocycles. The van der Waals surface area contributed by atoms with Gasteiger partial charge >= 0.3 is 0 Å². The predicted octanol–water partition coefficient (Wildman–Crippen LogP) is 4.45. The third-order valence-electron chi connectivity index (χ3n) is 4.02. The van der Waals surface area contributed by atoms with Gasteiger partial charge in [0.05, 0.1) is 0 Å². The molecular formula is C16H16Br2N2. The summed E-state index contributed by atoms with van der Waals surface area (Å²) in [4.78, 5) is 0. The van der Waals surface area contributed by atoms with Crippen LogP contribution in [0.25, 0.3) is 0 Å². The number of halogens is 2. The Hall–Kier alpha value is -0.680. The third kappa shape index (κ3) is 2.70. The van der Waals surface area contributed by atoms with Crippen molar-refractivity contribution in [1.82, 2.24) is 5.43 Å². The minimum atomic E-state index is 0.163. The van der Waals surface area contributed by atoms with E-state index in [9.17, 15) is 0 Å². The highest BCUT2D eigenvalue weighted by atomic mass is 79.9. The Morgan fingerprint density at radius 2 is 2.00 bits per heavy atom. The van der Waals surface area contributed by atoms with E-state index in [1.54, 1.807) is 0 Å². The number of fused-ring (bicyclic) bond motifs is 1. The summed E-state index contributed by atoms with van der Waals surface area (Å²) >= 11 is 7.11. The molecule has 1 aliphatic rings. The molecule has 2 nitrogen and oxygen atoms in total. The lowest BCUT2D eigenvalue weighted by Gasteiger charge is -2.33. The van der Waals surface area contributed by atoms with Crippen molar-refractivity contribution in [2.75, 3.05) is 0 Å². The Labute approximate surface area is 136 Å². The second-order valence-corrected chi connectivity index (χ2v) is 6.99. The van der Waals surface area contributed by atoms with Gasteiger partial charge in [-0.05, 0) is 47.6 Å². The molecule has 3 rings (SSSR count). The number of nitrogens with one attached hydrogen (secondary N) is 1. The average Bonchev–Trinajstić information content (AvgIpc) is 2.41. The molecule has 0 aromatic heterocycles. The second-order valence-electron chi connectivity index (χ2n) is 5.22. The Morgan fingerprint density at radius 3 is 2.70 bits per heavy atom. The lowest BCUT2D eigenvalue weighted by molar-refractivity contribution is 0.434. The monoisotopic (exact) mass is 394 g/mol. The van der Waals surface area contributed by atoms with Gasteiger partial charge in [0, 0.05) is 15.0 Å². The van der Waals surface area contributed by atoms with Gasteiger partial charge in [-0.15, -0.1) is 0 Å². The average molecular weight is 396 g/mol. The number of hydrazine groups is 1. The number of hydrogen-bond donors (Lipinski definition) is 2. The van der Waals surface area contributed by atoms with Crippen LogP contribution in [0.15, 0.2) is 51.4 Å². The highest BCUT2D eigenvalue weighted by molar-refractivity contribution is 9.11. The van der Waals surface area contributed by atoms with Crippen molar-refractivity contribution in [3.05, 3.63) is 68.1 Å². The van der Waals surface area contributed by atoms with E-state index in [0.717, 1.165) is 21.8 Å². The maximum atomic E-state index is 5.78. The summed E-state index contributed by atoms with van der Waals surface area (Å²) in [5.74, 6) is 6.38. The molecule has 0 bridgehead atoms. The fourth-order valence-corrected chi connectivity index (χ4v) is 4.25. The topological polar surface area (TPSA) is 38.0 Å². The van der Waals surface area contributed by atoms with E-state index in [4.69, 9.17) is 5.84 Å². The van der Waals surface area contributed by atoms with E-state index in [1.807, 2.05) is 0 Å². The van der Waals surface area contributed by atoms with Gasteiger partial charge in [0.15, 0.2) is 0 Å². The molecule has 2 atom stereocenters. The molecule has 0 fully saturated rings. The molecule has 2 aromatic rings. The minimum absolute atomic E-state index is 0.163. The largest absolute Gasteiger partial charge is 0.271 e. The first-order chi connectivity index (χ1) is 9.69. The lowest BCUT2D eigenvalue weighted by Crippen LogP contribution is -2.31. The highest BCUT2D eigenvalue weighted by Gasteiger charge is 2.28. The molecule has 0 spiro atoms. The van der Waals surface area contributed by atoms with E-state index in [-0.39, 0.29) is 6.04 Å². The normalized spacial score (nSPS) is 18.2. The molecule has 0 heterocycles. The Bertz CT molecular complexity index is 628. The Balaban J connectivity index is 1.79. The molecule has 3 N–H and O–H groups in total. The summed E-state index contributed by atoms with van der Waals surface area (Å²) < 4.78 is 2.15. The summed E-state index contributed by atoms with van der Waals surface area (Å²) in [7, 11) is 0. The van der Waals surface area contributed by atoms with Crippen LogP contribution in [0.1, 0.15) is 35.1 Å². The van der Waals surface area contributed by atoms with E-state index < -0.39 is 0 Å². The molecule has 104 valence electrons. The van der Waals surface area contributed by atoms with Gasteiger partial charge in [-0.1, -0.05) is 62.2 Å². The van der Waals surface area contributed by atoms with Crippen LogP contribution >= 0.6 is 31.9 Å². The van der Waals surface area contributed by atoms with Gasteiger partial charge in [0.1, 0.15) is 0 Å². The quantitative estimate of drug-likeness (QED) is 0.592. The van der Waals surface area contributed by atoms with Gasteiger partial charge < -0.3 is 0 Å². The molecule has 0 amide bonds. The van der Waals surface area contributed by atoms with Gasteiger partial charge in [-0.3, -0.25) is 11.3 Å². The molecule has 1 aliphatic carbocycles. The zero-order valence-electron chi connectivity index (χ0n) is 10.9.